The highest BCUT2D eigenvalue weighted by Gasteiger charge is 2.27. The number of aliphatic imine (C=N–C) groups is 1. The fraction of sp³-hybridized carbons (Fsp3) is 0.600. The Balaban J connectivity index is 0.00000392. The van der Waals surface area contributed by atoms with Crippen LogP contribution in [0.25, 0.3) is 0 Å². The lowest BCUT2D eigenvalue weighted by atomic mass is 9.97. The average Bonchev–Trinajstić information content (AvgIpc) is 2.71. The fourth-order valence-electron chi connectivity index (χ4n) is 2.83. The van der Waals surface area contributed by atoms with E-state index in [1.165, 1.54) is 0 Å². The molecule has 0 aliphatic carbocycles. The van der Waals surface area contributed by atoms with Crippen molar-refractivity contribution in [3.63, 3.8) is 0 Å². The van der Waals surface area contributed by atoms with Gasteiger partial charge in [0.2, 0.25) is 5.91 Å². The molecule has 2 rings (SSSR count). The molecule has 0 radical (unpaired) electrons. The minimum Gasteiger partial charge on any atom is -0.378 e. The minimum atomic E-state index is -0.253. The number of morpholine rings is 1. The number of hydrogen-bond donors (Lipinski definition) is 2. The van der Waals surface area contributed by atoms with Crippen LogP contribution in [0.1, 0.15) is 25.3 Å². The summed E-state index contributed by atoms with van der Waals surface area (Å²) in [6, 6.07) is 9.94. The quantitative estimate of drug-likeness (QED) is 0.329. The second kappa shape index (κ2) is 12.5. The van der Waals surface area contributed by atoms with Crippen LogP contribution in [0.5, 0.6) is 0 Å². The molecule has 28 heavy (non-hydrogen) atoms. The smallest absolute Gasteiger partial charge is 0.232 e. The molecule has 158 valence electrons. The molecular formula is C20H33IN4O2S. The van der Waals surface area contributed by atoms with Crippen molar-refractivity contribution in [3.8, 4) is 0 Å². The largest absolute Gasteiger partial charge is 0.378 e. The molecule has 1 aliphatic heterocycles. The molecule has 1 unspecified atom stereocenters. The number of guanidine groups is 1. The van der Waals surface area contributed by atoms with Gasteiger partial charge in [-0.25, -0.2) is 0 Å². The molecule has 8 heteroatoms. The molecule has 1 amide bonds. The molecule has 1 saturated heterocycles. The maximum absolute atomic E-state index is 13.1. The number of ether oxygens (including phenoxy) is 1. The Labute approximate surface area is 190 Å². The van der Waals surface area contributed by atoms with E-state index < -0.39 is 0 Å². The van der Waals surface area contributed by atoms with E-state index in [1.807, 2.05) is 35.2 Å². The van der Waals surface area contributed by atoms with E-state index in [0.29, 0.717) is 38.8 Å². The highest BCUT2D eigenvalue weighted by molar-refractivity contribution is 14.0. The van der Waals surface area contributed by atoms with Crippen molar-refractivity contribution >= 4 is 47.6 Å². The summed E-state index contributed by atoms with van der Waals surface area (Å²) in [6.45, 7) is 8.18. The van der Waals surface area contributed by atoms with Gasteiger partial charge in [-0.2, -0.15) is 11.8 Å². The van der Waals surface area contributed by atoms with Gasteiger partial charge < -0.3 is 20.3 Å². The first-order valence-electron chi connectivity index (χ1n) is 9.38. The zero-order valence-electron chi connectivity index (χ0n) is 17.2. The van der Waals surface area contributed by atoms with Crippen LogP contribution < -0.4 is 10.6 Å². The Kier molecular flexibility index (Phi) is 11.2. The van der Waals surface area contributed by atoms with Crippen molar-refractivity contribution in [2.75, 3.05) is 52.7 Å². The van der Waals surface area contributed by atoms with Crippen LogP contribution in [0.15, 0.2) is 35.3 Å². The Hall–Kier alpha value is -1.000. The van der Waals surface area contributed by atoms with Crippen molar-refractivity contribution in [3.05, 3.63) is 35.9 Å². The van der Waals surface area contributed by atoms with Crippen molar-refractivity contribution in [2.24, 2.45) is 4.99 Å². The number of carbonyl (C=O) groups is 1. The number of hydrogen-bond acceptors (Lipinski definition) is 4. The van der Waals surface area contributed by atoms with Crippen molar-refractivity contribution < 1.29 is 9.53 Å². The number of thioether (sulfide) groups is 1. The van der Waals surface area contributed by atoms with Crippen molar-refractivity contribution in [1.82, 2.24) is 15.5 Å². The molecule has 1 aromatic carbocycles. The van der Waals surface area contributed by atoms with E-state index in [2.05, 4.69) is 35.7 Å². The van der Waals surface area contributed by atoms with Crippen LogP contribution in [0.2, 0.25) is 0 Å². The van der Waals surface area contributed by atoms with E-state index in [1.54, 1.807) is 18.8 Å². The molecule has 0 saturated carbocycles. The average molecular weight is 520 g/mol. The van der Waals surface area contributed by atoms with Gasteiger partial charge in [-0.1, -0.05) is 30.3 Å². The van der Waals surface area contributed by atoms with Gasteiger partial charge in [0.15, 0.2) is 5.96 Å². The molecule has 0 spiro atoms. The van der Waals surface area contributed by atoms with Crippen LogP contribution >= 0.6 is 35.7 Å². The van der Waals surface area contributed by atoms with E-state index in [-0.39, 0.29) is 40.5 Å². The number of nitrogens with one attached hydrogen (secondary N) is 2. The second-order valence-corrected chi connectivity index (χ2v) is 8.68. The molecule has 1 heterocycles. The van der Waals surface area contributed by atoms with Gasteiger partial charge in [0, 0.05) is 38.0 Å². The molecule has 1 aliphatic rings. The zero-order chi connectivity index (χ0) is 19.7. The monoisotopic (exact) mass is 520 g/mol. The molecule has 2 N–H and O–H groups in total. The third-order valence-corrected chi connectivity index (χ3v) is 6.00. The molecular weight excluding hydrogens is 487 g/mol. The van der Waals surface area contributed by atoms with Crippen molar-refractivity contribution in [1.29, 1.82) is 0 Å². The second-order valence-electron chi connectivity index (χ2n) is 7.17. The minimum absolute atomic E-state index is 0. The lowest BCUT2D eigenvalue weighted by molar-refractivity contribution is -0.136. The number of carbonyl (C=O) groups excluding carboxylic acids is 1. The summed E-state index contributed by atoms with van der Waals surface area (Å²) in [5.74, 6) is 0.598. The lowest BCUT2D eigenvalue weighted by Crippen LogP contribution is -2.48. The number of rotatable bonds is 7. The van der Waals surface area contributed by atoms with Gasteiger partial charge in [-0.15, -0.1) is 24.0 Å². The van der Waals surface area contributed by atoms with E-state index in [9.17, 15) is 4.79 Å². The Bertz CT molecular complexity index is 622. The van der Waals surface area contributed by atoms with Crippen LogP contribution in [-0.4, -0.2) is 74.2 Å². The van der Waals surface area contributed by atoms with E-state index in [0.717, 1.165) is 12.1 Å². The predicted octanol–water partition coefficient (Wildman–Crippen LogP) is 2.55. The normalized spacial score (nSPS) is 16.1. The maximum Gasteiger partial charge on any atom is 0.232 e. The first-order chi connectivity index (χ1) is 13.0. The van der Waals surface area contributed by atoms with Gasteiger partial charge in [0.25, 0.3) is 0 Å². The standard InChI is InChI=1S/C20H32N4O2S.HI/c1-20(2,27-4)15-23-19(21-3)22-14-17(16-8-6-5-7-9-16)18(25)24-10-12-26-13-11-24;/h5-9,17H,10-15H2,1-4H3,(H2,21,22,23);1H. The summed E-state index contributed by atoms with van der Waals surface area (Å²) < 4.78 is 5.50. The Morgan fingerprint density at radius 3 is 2.46 bits per heavy atom. The zero-order valence-corrected chi connectivity index (χ0v) is 20.4. The van der Waals surface area contributed by atoms with Crippen LogP contribution in [0.3, 0.4) is 0 Å². The Morgan fingerprint density at radius 1 is 1.25 bits per heavy atom. The number of halogens is 1. The van der Waals surface area contributed by atoms with E-state index in [4.69, 9.17) is 4.74 Å². The molecule has 6 nitrogen and oxygen atoms in total. The molecule has 1 aromatic rings. The summed E-state index contributed by atoms with van der Waals surface area (Å²) in [6.07, 6.45) is 2.10. The summed E-state index contributed by atoms with van der Waals surface area (Å²) >= 11 is 1.81. The highest BCUT2D eigenvalue weighted by Crippen LogP contribution is 2.20. The van der Waals surface area contributed by atoms with Gasteiger partial charge in [-0.3, -0.25) is 9.79 Å². The van der Waals surface area contributed by atoms with Gasteiger partial charge in [0.1, 0.15) is 0 Å². The summed E-state index contributed by atoms with van der Waals surface area (Å²) in [7, 11) is 1.75. The SMILES string of the molecule is CN=C(NCC(C(=O)N1CCOCC1)c1ccccc1)NCC(C)(C)SC.I. The molecule has 1 fully saturated rings. The van der Waals surface area contributed by atoms with Crippen molar-refractivity contribution in [2.45, 2.75) is 24.5 Å². The third kappa shape index (κ3) is 7.79. The third-order valence-electron chi connectivity index (χ3n) is 4.75. The van der Waals surface area contributed by atoms with Crippen LogP contribution in [0, 0.1) is 0 Å². The first-order valence-corrected chi connectivity index (χ1v) is 10.6. The summed E-state index contributed by atoms with van der Waals surface area (Å²) in [4.78, 5) is 19.3. The molecule has 0 bridgehead atoms. The van der Waals surface area contributed by atoms with Gasteiger partial charge in [0.05, 0.1) is 19.1 Å². The van der Waals surface area contributed by atoms with Gasteiger partial charge in [-0.05, 0) is 25.7 Å². The summed E-state index contributed by atoms with van der Waals surface area (Å²) in [5, 5.41) is 6.69. The lowest BCUT2D eigenvalue weighted by Gasteiger charge is -2.31. The number of nitrogens with zero attached hydrogens (tertiary/aromatic N) is 2. The maximum atomic E-state index is 13.1. The van der Waals surface area contributed by atoms with Gasteiger partial charge >= 0.3 is 0 Å². The first kappa shape index (κ1) is 25.0. The fourth-order valence-corrected chi connectivity index (χ4v) is 3.04. The number of benzene rings is 1. The topological polar surface area (TPSA) is 66.0 Å². The van der Waals surface area contributed by atoms with Crippen LogP contribution in [0.4, 0.5) is 0 Å². The Morgan fingerprint density at radius 2 is 1.89 bits per heavy atom. The van der Waals surface area contributed by atoms with E-state index >= 15 is 0 Å². The predicted molar refractivity (Wildman–Crippen MR) is 129 cm³/mol. The summed E-state index contributed by atoms with van der Waals surface area (Å²) in [5.41, 5.74) is 1.02. The van der Waals surface area contributed by atoms with Crippen LogP contribution in [-0.2, 0) is 9.53 Å². The highest BCUT2D eigenvalue weighted by atomic mass is 127. The number of amides is 1. The molecule has 1 atom stereocenters. The molecule has 0 aromatic heterocycles.